The van der Waals surface area contributed by atoms with Gasteiger partial charge >= 0.3 is 0 Å². The van der Waals surface area contributed by atoms with Crippen LogP contribution in [0.5, 0.6) is 0 Å². The fraction of sp³-hybridized carbons (Fsp3) is 0.273. The van der Waals surface area contributed by atoms with Gasteiger partial charge in [0.1, 0.15) is 11.8 Å². The Hall–Kier alpha value is -2.57. The van der Waals surface area contributed by atoms with E-state index in [4.69, 9.17) is 16.0 Å². The fourth-order valence-electron chi connectivity index (χ4n) is 2.97. The molecular weight excluding hydrogens is 408 g/mol. The molecule has 1 atom stereocenters. The molecular formula is C22H23ClN2O3S. The summed E-state index contributed by atoms with van der Waals surface area (Å²) in [5.41, 5.74) is 0.350. The molecule has 0 fully saturated rings. The largest absolute Gasteiger partial charge is 0.467 e. The molecule has 152 valence electrons. The first-order valence-corrected chi connectivity index (χ1v) is 10.6. The van der Waals surface area contributed by atoms with E-state index in [1.54, 1.807) is 52.8 Å². The van der Waals surface area contributed by atoms with Crippen LogP contribution in [0, 0.1) is 5.92 Å². The number of carbonyl (C=O) groups is 2. The highest BCUT2D eigenvalue weighted by Crippen LogP contribution is 2.19. The lowest BCUT2D eigenvalue weighted by Crippen LogP contribution is -2.50. The molecule has 0 aliphatic heterocycles. The van der Waals surface area contributed by atoms with Crippen molar-refractivity contribution >= 4 is 34.8 Å². The summed E-state index contributed by atoms with van der Waals surface area (Å²) in [5.74, 6) is 0.0631. The van der Waals surface area contributed by atoms with E-state index in [1.165, 1.54) is 0 Å². The highest BCUT2D eigenvalue weighted by Gasteiger charge is 2.30. The molecule has 5 nitrogen and oxygen atoms in total. The Morgan fingerprint density at radius 2 is 1.90 bits per heavy atom. The van der Waals surface area contributed by atoms with Crippen LogP contribution in [-0.2, 0) is 17.9 Å². The molecule has 7 heteroatoms. The van der Waals surface area contributed by atoms with Gasteiger partial charge in [0.25, 0.3) is 5.91 Å². The zero-order chi connectivity index (χ0) is 20.8. The third-order valence-electron chi connectivity index (χ3n) is 4.50. The molecule has 0 bridgehead atoms. The predicted molar refractivity (Wildman–Crippen MR) is 115 cm³/mol. The van der Waals surface area contributed by atoms with Gasteiger partial charge in [-0.25, -0.2) is 0 Å². The van der Waals surface area contributed by atoms with Gasteiger partial charge in [-0.2, -0.15) is 0 Å². The minimum absolute atomic E-state index is 0.101. The number of nitrogens with zero attached hydrogens (tertiary/aromatic N) is 1. The topological polar surface area (TPSA) is 62.6 Å². The molecule has 3 rings (SSSR count). The smallest absolute Gasteiger partial charge is 0.253 e. The summed E-state index contributed by atoms with van der Waals surface area (Å²) < 4.78 is 5.44. The summed E-state index contributed by atoms with van der Waals surface area (Å²) in [6.07, 6.45) is 1.59. The molecule has 29 heavy (non-hydrogen) atoms. The minimum atomic E-state index is -0.686. The lowest BCUT2D eigenvalue weighted by Gasteiger charge is -2.29. The molecule has 2 amide bonds. The Balaban J connectivity index is 1.81. The van der Waals surface area contributed by atoms with Crippen molar-refractivity contribution in [2.24, 2.45) is 5.92 Å². The number of hydrogen-bond donors (Lipinski definition) is 1. The Bertz CT molecular complexity index is 903. The summed E-state index contributed by atoms with van der Waals surface area (Å²) >= 11 is 7.73. The second kappa shape index (κ2) is 9.76. The number of furan rings is 1. The van der Waals surface area contributed by atoms with Crippen molar-refractivity contribution in [1.82, 2.24) is 10.2 Å². The van der Waals surface area contributed by atoms with Crippen molar-refractivity contribution in [3.8, 4) is 0 Å². The SMILES string of the molecule is CC(C)[C@@H](NC(=O)c1ccccc1Cl)C(=O)N(Cc1ccco1)Cc1cccs1. The molecule has 2 heterocycles. The Morgan fingerprint density at radius 3 is 2.52 bits per heavy atom. The lowest BCUT2D eigenvalue weighted by atomic mass is 10.0. The summed E-state index contributed by atoms with van der Waals surface area (Å²) in [6, 6.07) is 13.7. The van der Waals surface area contributed by atoms with Gasteiger partial charge in [-0.15, -0.1) is 11.3 Å². The highest BCUT2D eigenvalue weighted by molar-refractivity contribution is 7.09. The second-order valence-corrected chi connectivity index (χ2v) is 8.47. The van der Waals surface area contributed by atoms with Crippen LogP contribution in [0.2, 0.25) is 5.02 Å². The van der Waals surface area contributed by atoms with Crippen LogP contribution >= 0.6 is 22.9 Å². The monoisotopic (exact) mass is 430 g/mol. The Kier molecular flexibility index (Phi) is 7.12. The zero-order valence-corrected chi connectivity index (χ0v) is 17.9. The summed E-state index contributed by atoms with van der Waals surface area (Å²) in [6.45, 7) is 4.59. The first kappa shape index (κ1) is 21.1. The van der Waals surface area contributed by atoms with Crippen molar-refractivity contribution < 1.29 is 14.0 Å². The van der Waals surface area contributed by atoms with Gasteiger partial charge in [0.15, 0.2) is 0 Å². The quantitative estimate of drug-likeness (QED) is 0.548. The number of amides is 2. The third kappa shape index (κ3) is 5.49. The maximum absolute atomic E-state index is 13.4. The molecule has 0 radical (unpaired) electrons. The van der Waals surface area contributed by atoms with E-state index in [-0.39, 0.29) is 17.7 Å². The van der Waals surface area contributed by atoms with Crippen molar-refractivity contribution in [1.29, 1.82) is 0 Å². The summed E-state index contributed by atoms with van der Waals surface area (Å²) in [5, 5.41) is 5.20. The van der Waals surface area contributed by atoms with Crippen LogP contribution in [0.15, 0.2) is 64.6 Å². The van der Waals surface area contributed by atoms with E-state index in [9.17, 15) is 9.59 Å². The van der Waals surface area contributed by atoms with Gasteiger partial charge in [0.2, 0.25) is 5.91 Å². The van der Waals surface area contributed by atoms with Crippen molar-refractivity contribution in [2.75, 3.05) is 0 Å². The van der Waals surface area contributed by atoms with E-state index in [1.807, 2.05) is 37.4 Å². The second-order valence-electron chi connectivity index (χ2n) is 7.03. The maximum Gasteiger partial charge on any atom is 0.253 e. The van der Waals surface area contributed by atoms with E-state index < -0.39 is 6.04 Å². The standard InChI is InChI=1S/C22H23ClN2O3S/c1-15(2)20(24-21(26)18-9-3-4-10-19(18)23)22(27)25(13-16-7-5-11-28-16)14-17-8-6-12-29-17/h3-12,15,20H,13-14H2,1-2H3,(H,24,26)/t20-/m1/s1. The van der Waals surface area contributed by atoms with Gasteiger partial charge < -0.3 is 14.6 Å². The fourth-order valence-corrected chi connectivity index (χ4v) is 3.91. The number of carbonyl (C=O) groups excluding carboxylic acids is 2. The first-order chi connectivity index (χ1) is 14.0. The normalized spacial score (nSPS) is 12.0. The van der Waals surface area contributed by atoms with Gasteiger partial charge in [0.05, 0.1) is 29.9 Å². The third-order valence-corrected chi connectivity index (χ3v) is 5.69. The van der Waals surface area contributed by atoms with Crippen molar-refractivity contribution in [2.45, 2.75) is 33.0 Å². The van der Waals surface area contributed by atoms with Crippen LogP contribution in [0.3, 0.4) is 0 Å². The lowest BCUT2D eigenvalue weighted by molar-refractivity contribution is -0.135. The van der Waals surface area contributed by atoms with Crippen LogP contribution in [0.25, 0.3) is 0 Å². The number of hydrogen-bond acceptors (Lipinski definition) is 4. The van der Waals surface area contributed by atoms with Crippen LogP contribution in [-0.4, -0.2) is 22.8 Å². The van der Waals surface area contributed by atoms with E-state index >= 15 is 0 Å². The maximum atomic E-state index is 13.4. The van der Waals surface area contributed by atoms with E-state index in [0.717, 1.165) is 4.88 Å². The number of nitrogens with one attached hydrogen (secondary N) is 1. The molecule has 0 aliphatic carbocycles. The molecule has 0 saturated carbocycles. The number of halogens is 1. The number of rotatable bonds is 8. The molecule has 1 N–H and O–H groups in total. The average molecular weight is 431 g/mol. The van der Waals surface area contributed by atoms with Crippen molar-refractivity contribution in [3.05, 3.63) is 81.4 Å². The van der Waals surface area contributed by atoms with E-state index in [0.29, 0.717) is 29.4 Å². The highest BCUT2D eigenvalue weighted by atomic mass is 35.5. The summed E-state index contributed by atoms with van der Waals surface area (Å²) in [7, 11) is 0. The molecule has 1 aromatic carbocycles. The predicted octanol–water partition coefficient (Wildman–Crippen LogP) is 4.98. The zero-order valence-electron chi connectivity index (χ0n) is 16.3. The Labute approximate surface area is 179 Å². The van der Waals surface area contributed by atoms with Crippen LogP contribution in [0.4, 0.5) is 0 Å². The Morgan fingerprint density at radius 1 is 1.10 bits per heavy atom. The van der Waals surface area contributed by atoms with Gasteiger partial charge in [-0.3, -0.25) is 9.59 Å². The number of thiophene rings is 1. The van der Waals surface area contributed by atoms with Crippen molar-refractivity contribution in [3.63, 3.8) is 0 Å². The molecule has 0 spiro atoms. The molecule has 0 aliphatic rings. The van der Waals surface area contributed by atoms with Crippen LogP contribution < -0.4 is 5.32 Å². The summed E-state index contributed by atoms with van der Waals surface area (Å²) in [4.78, 5) is 29.0. The average Bonchev–Trinajstić information content (AvgIpc) is 3.39. The van der Waals surface area contributed by atoms with Gasteiger partial charge in [0, 0.05) is 4.88 Å². The molecule has 3 aromatic rings. The minimum Gasteiger partial charge on any atom is -0.467 e. The van der Waals surface area contributed by atoms with Gasteiger partial charge in [-0.05, 0) is 41.6 Å². The molecule has 2 aromatic heterocycles. The van der Waals surface area contributed by atoms with Crippen LogP contribution in [0.1, 0.15) is 34.8 Å². The number of benzene rings is 1. The molecule has 0 unspecified atom stereocenters. The first-order valence-electron chi connectivity index (χ1n) is 9.34. The van der Waals surface area contributed by atoms with Gasteiger partial charge in [-0.1, -0.05) is 43.6 Å². The molecule has 0 saturated heterocycles. The van der Waals surface area contributed by atoms with E-state index in [2.05, 4.69) is 5.32 Å².